The second-order valence-electron chi connectivity index (χ2n) is 8.14. The summed E-state index contributed by atoms with van der Waals surface area (Å²) in [5, 5.41) is 14.6. The number of hydrogen-bond donors (Lipinski definition) is 3. The van der Waals surface area contributed by atoms with Crippen LogP contribution in [-0.2, 0) is 16.0 Å². The molecule has 6 heteroatoms. The predicted octanol–water partition coefficient (Wildman–Crippen LogP) is 4.46. The Labute approximate surface area is 200 Å². The summed E-state index contributed by atoms with van der Waals surface area (Å²) in [6, 6.07) is 26.1. The third-order valence-electron chi connectivity index (χ3n) is 5.56. The zero-order valence-electron chi connectivity index (χ0n) is 19.1. The summed E-state index contributed by atoms with van der Waals surface area (Å²) in [7, 11) is 0. The zero-order chi connectivity index (χ0) is 24.2. The first-order valence-electron chi connectivity index (χ1n) is 11.5. The number of carbonyl (C=O) groups is 3. The van der Waals surface area contributed by atoms with Gasteiger partial charge in [-0.3, -0.25) is 14.4 Å². The molecule has 0 radical (unpaired) electrons. The summed E-state index contributed by atoms with van der Waals surface area (Å²) in [5.74, 6) is -1.79. The Morgan fingerprint density at radius 2 is 1.38 bits per heavy atom. The lowest BCUT2D eigenvalue weighted by Crippen LogP contribution is -2.47. The lowest BCUT2D eigenvalue weighted by molar-refractivity contribution is -0.137. The van der Waals surface area contributed by atoms with Gasteiger partial charge < -0.3 is 15.7 Å². The van der Waals surface area contributed by atoms with E-state index in [4.69, 9.17) is 5.11 Å². The molecule has 3 rings (SSSR count). The normalized spacial score (nSPS) is 11.4. The fraction of sp³-hybridized carbons (Fsp3) is 0.250. The minimum Gasteiger partial charge on any atom is -0.481 e. The largest absolute Gasteiger partial charge is 0.481 e. The van der Waals surface area contributed by atoms with Crippen molar-refractivity contribution in [1.29, 1.82) is 0 Å². The van der Waals surface area contributed by atoms with Gasteiger partial charge in [0, 0.05) is 18.5 Å². The molecule has 2 amide bonds. The monoisotopic (exact) mass is 458 g/mol. The van der Waals surface area contributed by atoms with E-state index in [2.05, 4.69) is 22.8 Å². The Morgan fingerprint density at radius 3 is 2.03 bits per heavy atom. The summed E-state index contributed by atoms with van der Waals surface area (Å²) in [5.41, 5.74) is 3.68. The smallest absolute Gasteiger partial charge is 0.303 e. The van der Waals surface area contributed by atoms with Gasteiger partial charge in [0.2, 0.25) is 5.91 Å². The summed E-state index contributed by atoms with van der Waals surface area (Å²) in [6.45, 7) is 0.469. The molecule has 0 saturated carbocycles. The Hall–Kier alpha value is -3.93. The van der Waals surface area contributed by atoms with E-state index in [0.717, 1.165) is 30.4 Å². The van der Waals surface area contributed by atoms with Crippen LogP contribution in [0.15, 0.2) is 84.9 Å². The maximum absolute atomic E-state index is 12.7. The molecule has 0 aliphatic carbocycles. The average molecular weight is 459 g/mol. The minimum absolute atomic E-state index is 0.0268. The molecule has 0 bridgehead atoms. The van der Waals surface area contributed by atoms with Crippen LogP contribution in [0.2, 0.25) is 0 Å². The van der Waals surface area contributed by atoms with E-state index in [1.54, 1.807) is 12.1 Å². The zero-order valence-corrected chi connectivity index (χ0v) is 19.1. The van der Waals surface area contributed by atoms with Crippen LogP contribution in [0.4, 0.5) is 0 Å². The molecule has 0 aromatic heterocycles. The van der Waals surface area contributed by atoms with Crippen molar-refractivity contribution in [3.05, 3.63) is 96.1 Å². The van der Waals surface area contributed by atoms with Crippen molar-refractivity contribution in [2.45, 2.75) is 38.1 Å². The van der Waals surface area contributed by atoms with E-state index < -0.39 is 17.9 Å². The number of unbranched alkanes of at least 4 members (excludes halogenated alkanes) is 1. The third kappa shape index (κ3) is 7.89. The van der Waals surface area contributed by atoms with Crippen molar-refractivity contribution < 1.29 is 19.5 Å². The molecule has 6 nitrogen and oxygen atoms in total. The van der Waals surface area contributed by atoms with Gasteiger partial charge in [-0.2, -0.15) is 0 Å². The van der Waals surface area contributed by atoms with E-state index in [1.165, 1.54) is 5.56 Å². The van der Waals surface area contributed by atoms with Crippen molar-refractivity contribution in [2.75, 3.05) is 6.54 Å². The average Bonchev–Trinajstić information content (AvgIpc) is 2.87. The third-order valence-corrected chi connectivity index (χ3v) is 5.56. The maximum Gasteiger partial charge on any atom is 0.303 e. The molecule has 176 valence electrons. The van der Waals surface area contributed by atoms with Crippen LogP contribution in [0.25, 0.3) is 11.1 Å². The van der Waals surface area contributed by atoms with E-state index in [1.807, 2.05) is 60.7 Å². The number of rotatable bonds is 12. The molecule has 0 spiro atoms. The Kier molecular flexibility index (Phi) is 9.40. The Morgan fingerprint density at radius 1 is 0.765 bits per heavy atom. The van der Waals surface area contributed by atoms with Gasteiger partial charge in [-0.25, -0.2) is 0 Å². The molecule has 0 unspecified atom stereocenters. The number of hydrogen-bond acceptors (Lipinski definition) is 3. The Bertz CT molecular complexity index is 1070. The summed E-state index contributed by atoms with van der Waals surface area (Å²) >= 11 is 0. The highest BCUT2D eigenvalue weighted by Crippen LogP contribution is 2.19. The van der Waals surface area contributed by atoms with Crippen molar-refractivity contribution in [1.82, 2.24) is 10.6 Å². The number of benzene rings is 3. The van der Waals surface area contributed by atoms with Gasteiger partial charge in [0.05, 0.1) is 0 Å². The number of amides is 2. The van der Waals surface area contributed by atoms with Crippen LogP contribution in [0.3, 0.4) is 0 Å². The lowest BCUT2D eigenvalue weighted by Gasteiger charge is -2.18. The molecule has 34 heavy (non-hydrogen) atoms. The Balaban J connectivity index is 1.52. The highest BCUT2D eigenvalue weighted by molar-refractivity contribution is 5.98. The number of aliphatic carboxylic acids is 1. The van der Waals surface area contributed by atoms with Crippen LogP contribution in [0.1, 0.15) is 41.6 Å². The molecule has 3 N–H and O–H groups in total. The second-order valence-corrected chi connectivity index (χ2v) is 8.14. The van der Waals surface area contributed by atoms with Crippen LogP contribution in [0, 0.1) is 0 Å². The molecule has 0 aliphatic rings. The maximum atomic E-state index is 12.7. The first-order valence-corrected chi connectivity index (χ1v) is 11.5. The fourth-order valence-corrected chi connectivity index (χ4v) is 3.66. The second kappa shape index (κ2) is 12.9. The van der Waals surface area contributed by atoms with Crippen molar-refractivity contribution in [2.24, 2.45) is 0 Å². The van der Waals surface area contributed by atoms with Gasteiger partial charge >= 0.3 is 5.97 Å². The summed E-state index contributed by atoms with van der Waals surface area (Å²) in [4.78, 5) is 36.5. The predicted molar refractivity (Wildman–Crippen MR) is 132 cm³/mol. The highest BCUT2D eigenvalue weighted by Gasteiger charge is 2.22. The number of carbonyl (C=O) groups excluding carboxylic acids is 2. The van der Waals surface area contributed by atoms with Crippen LogP contribution in [-0.4, -0.2) is 35.5 Å². The van der Waals surface area contributed by atoms with Crippen LogP contribution in [0.5, 0.6) is 0 Å². The fourth-order valence-electron chi connectivity index (χ4n) is 3.66. The molecule has 0 heterocycles. The molecule has 0 fully saturated rings. The van der Waals surface area contributed by atoms with Gasteiger partial charge in [-0.15, -0.1) is 0 Å². The number of carboxylic acids is 1. The first kappa shape index (κ1) is 24.7. The van der Waals surface area contributed by atoms with Gasteiger partial charge in [0.15, 0.2) is 0 Å². The van der Waals surface area contributed by atoms with E-state index in [-0.39, 0.29) is 18.7 Å². The molecule has 3 aromatic carbocycles. The molecule has 0 saturated heterocycles. The number of aryl methyl sites for hydroxylation is 1. The molecule has 0 aliphatic heterocycles. The number of carboxylic acid groups (broad SMARTS) is 1. The van der Waals surface area contributed by atoms with Gasteiger partial charge in [0.25, 0.3) is 5.91 Å². The molecule has 1 atom stereocenters. The van der Waals surface area contributed by atoms with Gasteiger partial charge in [0.1, 0.15) is 6.04 Å². The topological polar surface area (TPSA) is 95.5 Å². The summed E-state index contributed by atoms with van der Waals surface area (Å²) < 4.78 is 0. The highest BCUT2D eigenvalue weighted by atomic mass is 16.4. The number of nitrogens with one attached hydrogen (secondary N) is 2. The standard InChI is InChI=1S/C28H30N2O4/c31-26(32)19-18-25(28(34)29-20-8-7-11-21-9-3-1-4-10-21)30-27(33)24-16-14-23(15-17-24)22-12-5-2-6-13-22/h1-6,9-10,12-17,25H,7-8,11,18-20H2,(H,29,34)(H,30,33)(H,31,32)/t25-/m0/s1. The van der Waals surface area contributed by atoms with Crippen molar-refractivity contribution >= 4 is 17.8 Å². The van der Waals surface area contributed by atoms with E-state index in [9.17, 15) is 14.4 Å². The van der Waals surface area contributed by atoms with Gasteiger partial charge in [-0.05, 0) is 54.5 Å². The van der Waals surface area contributed by atoms with Crippen LogP contribution >= 0.6 is 0 Å². The van der Waals surface area contributed by atoms with Gasteiger partial charge in [-0.1, -0.05) is 72.8 Å². The van der Waals surface area contributed by atoms with E-state index in [0.29, 0.717) is 12.1 Å². The SMILES string of the molecule is O=C(O)CC[C@H](NC(=O)c1ccc(-c2ccccc2)cc1)C(=O)NCCCCc1ccccc1. The quantitative estimate of drug-likeness (QED) is 0.349. The van der Waals surface area contributed by atoms with Crippen molar-refractivity contribution in [3.63, 3.8) is 0 Å². The summed E-state index contributed by atoms with van der Waals surface area (Å²) in [6.07, 6.45) is 2.46. The minimum atomic E-state index is -1.01. The molecular formula is C28H30N2O4. The van der Waals surface area contributed by atoms with E-state index >= 15 is 0 Å². The molecular weight excluding hydrogens is 428 g/mol. The van der Waals surface area contributed by atoms with Crippen LogP contribution < -0.4 is 10.6 Å². The molecule has 3 aromatic rings. The first-order chi connectivity index (χ1) is 16.5. The van der Waals surface area contributed by atoms with Crippen molar-refractivity contribution in [3.8, 4) is 11.1 Å². The lowest BCUT2D eigenvalue weighted by atomic mass is 10.0.